The number of esters is 1. The SMILES string of the molecule is CCCCCCCCCCCCCCCCCCCCCCOC[C@H](COP(=O)(O)O)OC(=O)CCCCCCCCCCCCCCC. The van der Waals surface area contributed by atoms with E-state index in [9.17, 15) is 9.36 Å². The molecule has 0 aliphatic rings. The van der Waals surface area contributed by atoms with Gasteiger partial charge in [-0.25, -0.2) is 4.57 Å². The standard InChI is InChI=1S/C41H83O7P/c1-3-5-7-9-11-13-15-17-18-19-20-21-22-23-25-27-29-31-33-35-37-46-38-40(39-47-49(43,44)45)48-41(42)36-34-32-30-28-26-24-16-14-12-10-8-6-4-2/h40H,3-39H2,1-2H3,(H2,43,44,45)/t40-/m1/s1. The molecular weight excluding hydrogens is 635 g/mol. The molecule has 0 rings (SSSR count). The molecule has 0 radical (unpaired) electrons. The Labute approximate surface area is 304 Å². The summed E-state index contributed by atoms with van der Waals surface area (Å²) < 4.78 is 27.0. The summed E-state index contributed by atoms with van der Waals surface area (Å²) in [5.74, 6) is -0.357. The van der Waals surface area contributed by atoms with E-state index in [4.69, 9.17) is 19.3 Å². The van der Waals surface area contributed by atoms with Crippen molar-refractivity contribution < 1.29 is 33.1 Å². The fraction of sp³-hybridized carbons (Fsp3) is 0.976. The van der Waals surface area contributed by atoms with Crippen molar-refractivity contribution >= 4 is 13.8 Å². The second-order valence-corrected chi connectivity index (χ2v) is 15.9. The van der Waals surface area contributed by atoms with Crippen molar-refractivity contribution in [2.75, 3.05) is 19.8 Å². The van der Waals surface area contributed by atoms with Crippen molar-refractivity contribution in [3.8, 4) is 0 Å². The number of hydrogen-bond donors (Lipinski definition) is 2. The Morgan fingerprint density at radius 2 is 0.776 bits per heavy atom. The van der Waals surface area contributed by atoms with Crippen molar-refractivity contribution in [3.63, 3.8) is 0 Å². The molecule has 0 bridgehead atoms. The third-order valence-electron chi connectivity index (χ3n) is 9.66. The molecule has 7 nitrogen and oxygen atoms in total. The maximum atomic E-state index is 12.4. The molecule has 0 spiro atoms. The molecule has 8 heteroatoms. The highest BCUT2D eigenvalue weighted by molar-refractivity contribution is 7.46. The van der Waals surface area contributed by atoms with Gasteiger partial charge in [-0.1, -0.05) is 213 Å². The molecule has 2 N–H and O–H groups in total. The lowest BCUT2D eigenvalue weighted by atomic mass is 10.0. The number of phosphoric ester groups is 1. The number of carbonyl (C=O) groups excluding carboxylic acids is 1. The summed E-state index contributed by atoms with van der Waals surface area (Å²) in [6.07, 6.45) is 42.4. The quantitative estimate of drug-likeness (QED) is 0.0368. The van der Waals surface area contributed by atoms with Gasteiger partial charge >= 0.3 is 13.8 Å². The van der Waals surface area contributed by atoms with E-state index in [0.29, 0.717) is 13.0 Å². The van der Waals surface area contributed by atoms with Gasteiger partial charge in [0.1, 0.15) is 6.10 Å². The van der Waals surface area contributed by atoms with Crippen LogP contribution in [0.3, 0.4) is 0 Å². The third kappa shape index (κ3) is 41.8. The zero-order chi connectivity index (χ0) is 35.9. The highest BCUT2D eigenvalue weighted by Gasteiger charge is 2.21. The fourth-order valence-electron chi connectivity index (χ4n) is 6.50. The number of phosphoric acid groups is 1. The second-order valence-electron chi connectivity index (χ2n) is 14.7. The van der Waals surface area contributed by atoms with Crippen molar-refractivity contribution in [1.82, 2.24) is 0 Å². The maximum absolute atomic E-state index is 12.4. The molecule has 0 aliphatic heterocycles. The van der Waals surface area contributed by atoms with Crippen molar-refractivity contribution in [3.05, 3.63) is 0 Å². The highest BCUT2D eigenvalue weighted by Crippen LogP contribution is 2.36. The Morgan fingerprint density at radius 3 is 1.10 bits per heavy atom. The van der Waals surface area contributed by atoms with Crippen LogP contribution in [-0.2, 0) is 23.4 Å². The van der Waals surface area contributed by atoms with Crippen LogP contribution in [0.25, 0.3) is 0 Å². The Hall–Kier alpha value is -0.460. The largest absolute Gasteiger partial charge is 0.469 e. The molecular formula is C41H83O7P. The maximum Gasteiger partial charge on any atom is 0.469 e. The first-order chi connectivity index (χ1) is 23.9. The molecule has 0 fully saturated rings. The molecule has 0 saturated heterocycles. The lowest BCUT2D eigenvalue weighted by Gasteiger charge is -2.18. The summed E-state index contributed by atoms with van der Waals surface area (Å²) in [6.45, 7) is 4.80. The van der Waals surface area contributed by atoms with Crippen molar-refractivity contribution in [2.45, 2.75) is 238 Å². The van der Waals surface area contributed by atoms with Gasteiger partial charge in [0.2, 0.25) is 0 Å². The van der Waals surface area contributed by atoms with Gasteiger partial charge in [0, 0.05) is 13.0 Å². The van der Waals surface area contributed by atoms with E-state index >= 15 is 0 Å². The van der Waals surface area contributed by atoms with Crippen LogP contribution in [0.4, 0.5) is 0 Å². The number of unbranched alkanes of at least 4 members (excludes halogenated alkanes) is 31. The Kier molecular flexibility index (Phi) is 38.4. The average molecular weight is 719 g/mol. The summed E-state index contributed by atoms with van der Waals surface area (Å²) >= 11 is 0. The first-order valence-corrected chi connectivity index (χ1v) is 22.9. The molecule has 0 aromatic heterocycles. The van der Waals surface area contributed by atoms with Crippen LogP contribution in [0.15, 0.2) is 0 Å². The van der Waals surface area contributed by atoms with Crippen LogP contribution in [0.2, 0.25) is 0 Å². The van der Waals surface area contributed by atoms with Gasteiger partial charge in [0.15, 0.2) is 0 Å². The van der Waals surface area contributed by atoms with E-state index < -0.39 is 13.9 Å². The summed E-state index contributed by atoms with van der Waals surface area (Å²) in [4.78, 5) is 30.6. The predicted octanol–water partition coefficient (Wildman–Crippen LogP) is 13.3. The normalized spacial score (nSPS) is 12.5. The van der Waals surface area contributed by atoms with Crippen molar-refractivity contribution in [2.24, 2.45) is 0 Å². The molecule has 0 saturated carbocycles. The van der Waals surface area contributed by atoms with E-state index in [1.54, 1.807) is 0 Å². The Bertz CT molecular complexity index is 714. The molecule has 0 unspecified atom stereocenters. The summed E-state index contributed by atoms with van der Waals surface area (Å²) in [7, 11) is -4.64. The highest BCUT2D eigenvalue weighted by atomic mass is 31.2. The first kappa shape index (κ1) is 48.5. The molecule has 0 amide bonds. The van der Waals surface area contributed by atoms with E-state index in [1.165, 1.54) is 180 Å². The van der Waals surface area contributed by atoms with Crippen LogP contribution in [-0.4, -0.2) is 41.7 Å². The first-order valence-electron chi connectivity index (χ1n) is 21.4. The van der Waals surface area contributed by atoms with Crippen LogP contribution in [0.5, 0.6) is 0 Å². The lowest BCUT2D eigenvalue weighted by molar-refractivity contribution is -0.154. The third-order valence-corrected chi connectivity index (χ3v) is 10.1. The smallest absolute Gasteiger partial charge is 0.457 e. The molecule has 294 valence electrons. The van der Waals surface area contributed by atoms with Gasteiger partial charge in [-0.05, 0) is 12.8 Å². The Balaban J connectivity index is 3.70. The number of ether oxygens (including phenoxy) is 2. The van der Waals surface area contributed by atoms with Crippen LogP contribution in [0, 0.1) is 0 Å². The fourth-order valence-corrected chi connectivity index (χ4v) is 6.86. The molecule has 0 aromatic rings. The van der Waals surface area contributed by atoms with Crippen LogP contribution < -0.4 is 0 Å². The second kappa shape index (κ2) is 38.8. The minimum Gasteiger partial charge on any atom is -0.457 e. The molecule has 0 aliphatic carbocycles. The minimum atomic E-state index is -4.64. The molecule has 1 atom stereocenters. The minimum absolute atomic E-state index is 0.0868. The molecule has 0 aromatic carbocycles. The number of rotatable bonds is 41. The topological polar surface area (TPSA) is 102 Å². The molecule has 49 heavy (non-hydrogen) atoms. The van der Waals surface area contributed by atoms with Gasteiger partial charge in [0.25, 0.3) is 0 Å². The summed E-state index contributed by atoms with van der Waals surface area (Å²) in [5.41, 5.74) is 0. The zero-order valence-electron chi connectivity index (χ0n) is 32.6. The van der Waals surface area contributed by atoms with Gasteiger partial charge in [-0.2, -0.15) is 0 Å². The Morgan fingerprint density at radius 1 is 0.469 bits per heavy atom. The number of carbonyl (C=O) groups is 1. The van der Waals surface area contributed by atoms with E-state index in [2.05, 4.69) is 18.4 Å². The van der Waals surface area contributed by atoms with Gasteiger partial charge in [-0.3, -0.25) is 9.32 Å². The monoisotopic (exact) mass is 719 g/mol. The van der Waals surface area contributed by atoms with Crippen LogP contribution in [0.1, 0.15) is 232 Å². The van der Waals surface area contributed by atoms with Crippen molar-refractivity contribution in [1.29, 1.82) is 0 Å². The van der Waals surface area contributed by atoms with E-state index in [-0.39, 0.29) is 19.2 Å². The lowest BCUT2D eigenvalue weighted by Crippen LogP contribution is -2.28. The summed E-state index contributed by atoms with van der Waals surface area (Å²) in [5, 5.41) is 0. The number of hydrogen-bond acceptors (Lipinski definition) is 5. The predicted molar refractivity (Wildman–Crippen MR) is 207 cm³/mol. The zero-order valence-corrected chi connectivity index (χ0v) is 33.5. The average Bonchev–Trinajstić information content (AvgIpc) is 3.07. The summed E-state index contributed by atoms with van der Waals surface area (Å²) in [6, 6.07) is 0. The van der Waals surface area contributed by atoms with E-state index in [0.717, 1.165) is 32.1 Å². The van der Waals surface area contributed by atoms with Gasteiger partial charge < -0.3 is 19.3 Å². The molecule has 0 heterocycles. The van der Waals surface area contributed by atoms with Crippen LogP contribution >= 0.6 is 7.82 Å². The van der Waals surface area contributed by atoms with Gasteiger partial charge in [0.05, 0.1) is 13.2 Å². The van der Waals surface area contributed by atoms with Gasteiger partial charge in [-0.15, -0.1) is 0 Å². The van der Waals surface area contributed by atoms with E-state index in [1.807, 2.05) is 0 Å².